The number of benzene rings is 3. The summed E-state index contributed by atoms with van der Waals surface area (Å²) in [6.07, 6.45) is 0. The minimum absolute atomic E-state index is 0.0901. The molecule has 1 aliphatic heterocycles. The van der Waals surface area contributed by atoms with Crippen molar-refractivity contribution in [1.29, 1.82) is 0 Å². The van der Waals surface area contributed by atoms with Crippen LogP contribution >= 0.6 is 0 Å². The van der Waals surface area contributed by atoms with Crippen molar-refractivity contribution in [2.24, 2.45) is 0 Å². The van der Waals surface area contributed by atoms with Gasteiger partial charge in [-0.25, -0.2) is 0 Å². The molecule has 32 heavy (non-hydrogen) atoms. The molecule has 1 amide bonds. The van der Waals surface area contributed by atoms with Crippen LogP contribution in [0.3, 0.4) is 0 Å². The van der Waals surface area contributed by atoms with Crippen LogP contribution in [-0.2, 0) is 6.54 Å². The average molecular weight is 427 g/mol. The van der Waals surface area contributed by atoms with Crippen LogP contribution in [0.2, 0.25) is 0 Å². The second-order valence-corrected chi connectivity index (χ2v) is 7.65. The highest BCUT2D eigenvalue weighted by Crippen LogP contribution is 2.45. The standard InChI is InChI=1S/C25H21N3O4/c1-32-18-12-6-15(7-13-18)14-28-24(16-8-10-17(29)11-9-16)21-22(26-27-23(21)25(28)31)19-4-2-3-5-20(19)30/h2-13,24,29-30H,14H2,1H3,(H,26,27). The van der Waals surface area contributed by atoms with E-state index >= 15 is 0 Å². The molecule has 1 atom stereocenters. The Morgan fingerprint density at radius 1 is 1.00 bits per heavy atom. The molecule has 0 saturated carbocycles. The summed E-state index contributed by atoms with van der Waals surface area (Å²) in [4.78, 5) is 15.2. The maximum Gasteiger partial charge on any atom is 0.273 e. The van der Waals surface area contributed by atoms with E-state index in [0.29, 0.717) is 29.1 Å². The van der Waals surface area contributed by atoms with Crippen molar-refractivity contribution in [3.05, 3.63) is 95.2 Å². The lowest BCUT2D eigenvalue weighted by Crippen LogP contribution is -2.29. The van der Waals surface area contributed by atoms with Gasteiger partial charge in [0.2, 0.25) is 0 Å². The number of nitrogens with one attached hydrogen (secondary N) is 1. The number of carbonyl (C=O) groups excluding carboxylic acids is 1. The number of para-hydroxylation sites is 1. The van der Waals surface area contributed by atoms with E-state index in [0.717, 1.165) is 16.9 Å². The summed E-state index contributed by atoms with van der Waals surface area (Å²) in [5.41, 5.74) is 3.96. The largest absolute Gasteiger partial charge is 0.508 e. The third-order valence-corrected chi connectivity index (χ3v) is 5.74. The van der Waals surface area contributed by atoms with E-state index in [1.165, 1.54) is 0 Å². The molecule has 2 heterocycles. The van der Waals surface area contributed by atoms with Gasteiger partial charge in [-0.3, -0.25) is 9.89 Å². The van der Waals surface area contributed by atoms with Gasteiger partial charge in [-0.2, -0.15) is 5.10 Å². The van der Waals surface area contributed by atoms with Crippen LogP contribution in [0.5, 0.6) is 17.2 Å². The van der Waals surface area contributed by atoms with E-state index in [1.807, 2.05) is 30.3 Å². The van der Waals surface area contributed by atoms with Gasteiger partial charge < -0.3 is 19.8 Å². The predicted molar refractivity (Wildman–Crippen MR) is 119 cm³/mol. The summed E-state index contributed by atoms with van der Waals surface area (Å²) >= 11 is 0. The summed E-state index contributed by atoms with van der Waals surface area (Å²) in [6, 6.07) is 20.9. The quantitative estimate of drug-likeness (QED) is 0.442. The highest BCUT2D eigenvalue weighted by atomic mass is 16.5. The smallest absolute Gasteiger partial charge is 0.273 e. The molecular formula is C25H21N3O4. The first-order chi connectivity index (χ1) is 15.6. The van der Waals surface area contributed by atoms with E-state index in [9.17, 15) is 15.0 Å². The fourth-order valence-electron chi connectivity index (χ4n) is 4.17. The number of phenols is 2. The molecule has 4 aromatic rings. The zero-order valence-electron chi connectivity index (χ0n) is 17.3. The average Bonchev–Trinajstić information content (AvgIpc) is 3.35. The molecule has 1 unspecified atom stereocenters. The number of fused-ring (bicyclic) bond motifs is 1. The second kappa shape index (κ2) is 7.77. The van der Waals surface area contributed by atoms with Crippen LogP contribution in [-0.4, -0.2) is 38.3 Å². The molecule has 3 N–H and O–H groups in total. The van der Waals surface area contributed by atoms with Crippen molar-refractivity contribution in [1.82, 2.24) is 15.1 Å². The molecule has 1 aliphatic rings. The summed E-state index contributed by atoms with van der Waals surface area (Å²) in [6.45, 7) is 0.372. The number of hydrogen-bond acceptors (Lipinski definition) is 5. The summed E-state index contributed by atoms with van der Waals surface area (Å²) in [5.74, 6) is 0.802. The number of aromatic nitrogens is 2. The number of rotatable bonds is 5. The van der Waals surface area contributed by atoms with Crippen molar-refractivity contribution in [3.8, 4) is 28.5 Å². The maximum atomic E-state index is 13.4. The minimum atomic E-state index is -0.437. The monoisotopic (exact) mass is 427 g/mol. The van der Waals surface area contributed by atoms with Gasteiger partial charge in [0.15, 0.2) is 0 Å². The molecule has 0 spiro atoms. The van der Waals surface area contributed by atoms with E-state index in [-0.39, 0.29) is 17.4 Å². The van der Waals surface area contributed by atoms with Crippen LogP contribution < -0.4 is 4.74 Å². The molecule has 3 aromatic carbocycles. The Balaban J connectivity index is 1.62. The molecule has 0 fully saturated rings. The van der Waals surface area contributed by atoms with Crippen molar-refractivity contribution in [3.63, 3.8) is 0 Å². The Morgan fingerprint density at radius 2 is 1.72 bits per heavy atom. The molecule has 1 aromatic heterocycles. The van der Waals surface area contributed by atoms with Gasteiger partial charge in [-0.05, 0) is 47.5 Å². The molecule has 0 saturated heterocycles. The van der Waals surface area contributed by atoms with Crippen molar-refractivity contribution in [2.45, 2.75) is 12.6 Å². The van der Waals surface area contributed by atoms with Crippen molar-refractivity contribution < 1.29 is 19.7 Å². The van der Waals surface area contributed by atoms with E-state index in [4.69, 9.17) is 4.74 Å². The van der Waals surface area contributed by atoms with Gasteiger partial charge in [0, 0.05) is 17.7 Å². The number of carbonyl (C=O) groups is 1. The normalized spacial score (nSPS) is 15.1. The molecule has 0 bridgehead atoms. The molecule has 0 aliphatic carbocycles. The van der Waals surface area contributed by atoms with E-state index in [2.05, 4.69) is 10.2 Å². The van der Waals surface area contributed by atoms with Crippen LogP contribution in [0.15, 0.2) is 72.8 Å². The highest BCUT2D eigenvalue weighted by Gasteiger charge is 2.42. The number of hydrogen-bond donors (Lipinski definition) is 3. The van der Waals surface area contributed by atoms with Crippen molar-refractivity contribution >= 4 is 5.91 Å². The number of aromatic hydroxyl groups is 2. The first-order valence-electron chi connectivity index (χ1n) is 10.2. The van der Waals surface area contributed by atoms with Crippen LogP contribution in [0.25, 0.3) is 11.3 Å². The third kappa shape index (κ3) is 3.24. The minimum Gasteiger partial charge on any atom is -0.508 e. The predicted octanol–water partition coefficient (Wildman–Crippen LogP) is 4.24. The van der Waals surface area contributed by atoms with Gasteiger partial charge in [-0.15, -0.1) is 0 Å². The summed E-state index contributed by atoms with van der Waals surface area (Å²) in [7, 11) is 1.61. The topological polar surface area (TPSA) is 98.7 Å². The second-order valence-electron chi connectivity index (χ2n) is 7.65. The number of nitrogens with zero attached hydrogens (tertiary/aromatic N) is 2. The third-order valence-electron chi connectivity index (χ3n) is 5.74. The number of methoxy groups -OCH3 is 1. The van der Waals surface area contributed by atoms with E-state index < -0.39 is 6.04 Å². The van der Waals surface area contributed by atoms with Crippen molar-refractivity contribution in [2.75, 3.05) is 7.11 Å². The van der Waals surface area contributed by atoms with Gasteiger partial charge in [0.1, 0.15) is 28.6 Å². The zero-order valence-corrected chi connectivity index (χ0v) is 17.3. The Morgan fingerprint density at radius 3 is 2.41 bits per heavy atom. The lowest BCUT2D eigenvalue weighted by Gasteiger charge is -2.26. The van der Waals surface area contributed by atoms with Crippen LogP contribution in [0, 0.1) is 0 Å². The Labute approximate surface area is 184 Å². The molecule has 7 nitrogen and oxygen atoms in total. The highest BCUT2D eigenvalue weighted by molar-refractivity contribution is 6.00. The SMILES string of the molecule is COc1ccc(CN2C(=O)c3[nH]nc(-c4ccccc4O)c3C2c2ccc(O)cc2)cc1. The number of amides is 1. The fraction of sp³-hybridized carbons (Fsp3) is 0.120. The van der Waals surface area contributed by atoms with Gasteiger partial charge in [-0.1, -0.05) is 36.4 Å². The first kappa shape index (κ1) is 19.7. The molecule has 7 heteroatoms. The number of phenolic OH excluding ortho intramolecular Hbond substituents is 2. The Hall–Kier alpha value is -4.26. The maximum absolute atomic E-state index is 13.4. The Bertz CT molecular complexity index is 1280. The number of H-pyrrole nitrogens is 1. The molecular weight excluding hydrogens is 406 g/mol. The fourth-order valence-corrected chi connectivity index (χ4v) is 4.17. The summed E-state index contributed by atoms with van der Waals surface area (Å²) < 4.78 is 5.23. The first-order valence-corrected chi connectivity index (χ1v) is 10.2. The van der Waals surface area contributed by atoms with E-state index in [1.54, 1.807) is 54.5 Å². The lowest BCUT2D eigenvalue weighted by molar-refractivity contribution is 0.0730. The molecule has 5 rings (SSSR count). The van der Waals surface area contributed by atoms with Gasteiger partial charge >= 0.3 is 0 Å². The van der Waals surface area contributed by atoms with Gasteiger partial charge in [0.25, 0.3) is 5.91 Å². The van der Waals surface area contributed by atoms with Crippen LogP contribution in [0.4, 0.5) is 0 Å². The van der Waals surface area contributed by atoms with Crippen LogP contribution in [0.1, 0.15) is 33.2 Å². The Kier molecular flexibility index (Phi) is 4.78. The summed E-state index contributed by atoms with van der Waals surface area (Å²) in [5, 5.41) is 27.5. The molecule has 160 valence electrons. The lowest BCUT2D eigenvalue weighted by atomic mass is 9.95. The number of aromatic amines is 1. The number of ether oxygens (including phenoxy) is 1. The van der Waals surface area contributed by atoms with Gasteiger partial charge in [0.05, 0.1) is 13.2 Å². The molecule has 0 radical (unpaired) electrons. The zero-order chi connectivity index (χ0) is 22.2.